The minimum Gasteiger partial charge on any atom is -0.336 e. The molecule has 0 bridgehead atoms. The minimum absolute atomic E-state index is 0.107. The van der Waals surface area contributed by atoms with E-state index in [0.29, 0.717) is 35.9 Å². The lowest BCUT2D eigenvalue weighted by molar-refractivity contribution is -0.130. The van der Waals surface area contributed by atoms with Crippen LogP contribution in [0.15, 0.2) is 48.5 Å². The first-order chi connectivity index (χ1) is 13.9. The summed E-state index contributed by atoms with van der Waals surface area (Å²) in [5.41, 5.74) is 0.960. The first-order valence-corrected chi connectivity index (χ1v) is 9.72. The maximum absolute atomic E-state index is 13.9. The van der Waals surface area contributed by atoms with Crippen LogP contribution < -0.4 is 5.32 Å². The normalized spacial score (nSPS) is 16.4. The number of nitrogens with zero attached hydrogens (tertiary/aromatic N) is 2. The zero-order valence-corrected chi connectivity index (χ0v) is 16.7. The van der Waals surface area contributed by atoms with E-state index in [-0.39, 0.29) is 24.1 Å². The fourth-order valence-corrected chi connectivity index (χ4v) is 3.74. The van der Waals surface area contributed by atoms with Crippen LogP contribution in [0.3, 0.4) is 0 Å². The molecule has 152 valence electrons. The number of carbonyl (C=O) groups excluding carboxylic acids is 2. The van der Waals surface area contributed by atoms with Crippen LogP contribution in [0.4, 0.5) is 14.5 Å². The van der Waals surface area contributed by atoms with Gasteiger partial charge in [-0.3, -0.25) is 14.5 Å². The van der Waals surface area contributed by atoms with Crippen LogP contribution in [0.5, 0.6) is 0 Å². The third kappa shape index (κ3) is 4.76. The van der Waals surface area contributed by atoms with Crippen LogP contribution in [-0.2, 0) is 16.0 Å². The van der Waals surface area contributed by atoms with E-state index >= 15 is 0 Å². The third-order valence-electron chi connectivity index (χ3n) is 4.81. The topological polar surface area (TPSA) is 52.7 Å². The number of hydrogen-bond acceptors (Lipinski definition) is 3. The zero-order valence-electron chi connectivity index (χ0n) is 15.9. The molecule has 0 aromatic heterocycles. The lowest BCUT2D eigenvalue weighted by Crippen LogP contribution is -2.39. The lowest BCUT2D eigenvalue weighted by Gasteiger charge is -2.24. The monoisotopic (exact) mass is 417 g/mol. The van der Waals surface area contributed by atoms with Crippen molar-refractivity contribution < 1.29 is 18.4 Å². The van der Waals surface area contributed by atoms with E-state index in [1.54, 1.807) is 30.0 Å². The smallest absolute Gasteiger partial charge is 0.252 e. The molecule has 3 rings (SSSR count). The largest absolute Gasteiger partial charge is 0.336 e. The summed E-state index contributed by atoms with van der Waals surface area (Å²) in [6.45, 7) is 2.51. The molecule has 29 heavy (non-hydrogen) atoms. The molecular weight excluding hydrogens is 396 g/mol. The molecule has 5 nitrogen and oxygen atoms in total. The molecule has 1 heterocycles. The second-order valence-corrected chi connectivity index (χ2v) is 7.04. The molecule has 1 atom stereocenters. The molecule has 1 aliphatic rings. The van der Waals surface area contributed by atoms with E-state index in [4.69, 9.17) is 12.2 Å². The summed E-state index contributed by atoms with van der Waals surface area (Å²) in [5.74, 6) is -1.36. The van der Waals surface area contributed by atoms with E-state index < -0.39 is 11.9 Å². The molecule has 1 fully saturated rings. The number of benzene rings is 2. The molecule has 8 heteroatoms. The van der Waals surface area contributed by atoms with Gasteiger partial charge in [0, 0.05) is 18.8 Å². The fraction of sp³-hybridized carbons (Fsp3) is 0.286. The summed E-state index contributed by atoms with van der Waals surface area (Å²) in [4.78, 5) is 28.4. The third-order valence-corrected chi connectivity index (χ3v) is 5.26. The van der Waals surface area contributed by atoms with Gasteiger partial charge >= 0.3 is 0 Å². The number of carbonyl (C=O) groups is 2. The number of thiocarbonyl (C=S) groups is 1. The van der Waals surface area contributed by atoms with Gasteiger partial charge in [-0.05, 0) is 61.5 Å². The van der Waals surface area contributed by atoms with Crippen molar-refractivity contribution in [1.29, 1.82) is 0 Å². The Morgan fingerprint density at radius 1 is 1.14 bits per heavy atom. The molecule has 2 amide bonds. The second-order valence-electron chi connectivity index (χ2n) is 6.67. The van der Waals surface area contributed by atoms with Crippen molar-refractivity contribution >= 4 is 34.8 Å². The Labute approximate surface area is 173 Å². The first-order valence-electron chi connectivity index (χ1n) is 9.31. The Bertz CT molecular complexity index is 920. The zero-order chi connectivity index (χ0) is 21.0. The minimum atomic E-state index is -0.755. The van der Waals surface area contributed by atoms with E-state index in [1.165, 1.54) is 35.2 Å². The number of anilines is 1. The molecule has 0 radical (unpaired) electrons. The lowest BCUT2D eigenvalue weighted by atomic mass is 10.1. The van der Waals surface area contributed by atoms with Crippen LogP contribution in [0.1, 0.15) is 18.9 Å². The summed E-state index contributed by atoms with van der Waals surface area (Å²) in [5, 5.41) is 3.00. The molecule has 2 aromatic carbocycles. The molecule has 1 aliphatic heterocycles. The van der Waals surface area contributed by atoms with Crippen molar-refractivity contribution in [2.45, 2.75) is 25.8 Å². The van der Waals surface area contributed by atoms with Crippen LogP contribution in [0, 0.1) is 11.6 Å². The van der Waals surface area contributed by atoms with Gasteiger partial charge in [0.15, 0.2) is 5.11 Å². The van der Waals surface area contributed by atoms with Gasteiger partial charge in [-0.25, -0.2) is 8.78 Å². The number of amides is 2. The maximum Gasteiger partial charge on any atom is 0.252 e. The van der Waals surface area contributed by atoms with Crippen molar-refractivity contribution in [3.63, 3.8) is 0 Å². The van der Waals surface area contributed by atoms with Crippen molar-refractivity contribution in [1.82, 2.24) is 9.80 Å². The molecule has 1 N–H and O–H groups in total. The average molecular weight is 417 g/mol. The highest BCUT2D eigenvalue weighted by Crippen LogP contribution is 2.22. The predicted octanol–water partition coefficient (Wildman–Crippen LogP) is 3.35. The van der Waals surface area contributed by atoms with Gasteiger partial charge in [0.2, 0.25) is 5.91 Å². The first kappa shape index (κ1) is 20.9. The SMILES string of the molecule is CCN1C(=O)[C@H](CC(=O)Nc2ccc(F)cc2)N(CCc2ccccc2F)C1=S. The Morgan fingerprint density at radius 3 is 2.48 bits per heavy atom. The van der Waals surface area contributed by atoms with Gasteiger partial charge in [0.05, 0.1) is 6.42 Å². The van der Waals surface area contributed by atoms with Gasteiger partial charge in [0.25, 0.3) is 5.91 Å². The maximum atomic E-state index is 13.9. The summed E-state index contributed by atoms with van der Waals surface area (Å²) in [6.07, 6.45) is 0.248. The standard InChI is InChI=1S/C21H21F2N3O2S/c1-2-25-20(28)18(13-19(27)24-16-9-7-15(22)8-10-16)26(21(25)29)12-11-14-5-3-4-6-17(14)23/h3-10,18H,2,11-13H2,1H3,(H,24,27)/t18-/m0/s1. The molecule has 0 saturated carbocycles. The highest BCUT2D eigenvalue weighted by Gasteiger charge is 2.42. The van der Waals surface area contributed by atoms with E-state index in [0.717, 1.165) is 0 Å². The molecule has 1 saturated heterocycles. The van der Waals surface area contributed by atoms with E-state index in [9.17, 15) is 18.4 Å². The Kier molecular flexibility index (Phi) is 6.53. The van der Waals surface area contributed by atoms with Gasteiger partial charge in [0.1, 0.15) is 17.7 Å². The summed E-state index contributed by atoms with van der Waals surface area (Å²) >= 11 is 5.42. The van der Waals surface area contributed by atoms with Crippen LogP contribution in [-0.4, -0.2) is 45.9 Å². The van der Waals surface area contributed by atoms with Crippen molar-refractivity contribution in [3.8, 4) is 0 Å². The molecule has 0 spiro atoms. The predicted molar refractivity (Wildman–Crippen MR) is 110 cm³/mol. The molecular formula is C21H21F2N3O2S. The Hall–Kier alpha value is -2.87. The number of rotatable bonds is 7. The highest BCUT2D eigenvalue weighted by molar-refractivity contribution is 7.80. The van der Waals surface area contributed by atoms with Gasteiger partial charge in [-0.1, -0.05) is 18.2 Å². The van der Waals surface area contributed by atoms with Gasteiger partial charge < -0.3 is 10.2 Å². The molecule has 0 unspecified atom stereocenters. The summed E-state index contributed by atoms with van der Waals surface area (Å²) < 4.78 is 27.0. The van der Waals surface area contributed by atoms with Gasteiger partial charge in [-0.15, -0.1) is 0 Å². The molecule has 2 aromatic rings. The highest BCUT2D eigenvalue weighted by atomic mass is 32.1. The summed E-state index contributed by atoms with van der Waals surface area (Å²) in [6, 6.07) is 11.1. The average Bonchev–Trinajstić information content (AvgIpc) is 2.92. The van der Waals surface area contributed by atoms with Crippen LogP contribution in [0.25, 0.3) is 0 Å². The van der Waals surface area contributed by atoms with Crippen molar-refractivity contribution in [2.75, 3.05) is 18.4 Å². The van der Waals surface area contributed by atoms with Crippen LogP contribution in [0.2, 0.25) is 0 Å². The molecule has 0 aliphatic carbocycles. The second kappa shape index (κ2) is 9.09. The van der Waals surface area contributed by atoms with Crippen molar-refractivity contribution in [3.05, 3.63) is 65.7 Å². The van der Waals surface area contributed by atoms with Crippen molar-refractivity contribution in [2.24, 2.45) is 0 Å². The summed E-state index contributed by atoms with van der Waals surface area (Å²) in [7, 11) is 0. The fourth-order valence-electron chi connectivity index (χ4n) is 3.30. The number of hydrogen-bond donors (Lipinski definition) is 1. The van der Waals surface area contributed by atoms with Crippen LogP contribution >= 0.6 is 12.2 Å². The van der Waals surface area contributed by atoms with E-state index in [2.05, 4.69) is 5.32 Å². The Balaban J connectivity index is 1.71. The number of likely N-dealkylation sites (N-methyl/N-ethyl adjacent to an activating group) is 1. The Morgan fingerprint density at radius 2 is 1.83 bits per heavy atom. The van der Waals surface area contributed by atoms with E-state index in [1.807, 2.05) is 0 Å². The quantitative estimate of drug-likeness (QED) is 0.702. The van der Waals surface area contributed by atoms with Gasteiger partial charge in [-0.2, -0.15) is 0 Å². The number of halogens is 2. The number of nitrogens with one attached hydrogen (secondary N) is 1.